The lowest BCUT2D eigenvalue weighted by Crippen LogP contribution is -2.36. The molecule has 0 amide bonds. The zero-order valence-corrected chi connectivity index (χ0v) is 24.5. The first-order valence-electron chi connectivity index (χ1n) is 12.2. The lowest BCUT2D eigenvalue weighted by Gasteiger charge is -2.23. The molecule has 2 aliphatic rings. The van der Waals surface area contributed by atoms with Crippen LogP contribution in [0.3, 0.4) is 0 Å². The molecule has 224 valence electrons. The fourth-order valence-electron chi connectivity index (χ4n) is 4.02. The van der Waals surface area contributed by atoms with Gasteiger partial charge in [0.05, 0.1) is 13.2 Å². The van der Waals surface area contributed by atoms with Crippen LogP contribution >= 0.6 is 35.2 Å². The summed E-state index contributed by atoms with van der Waals surface area (Å²) in [5.41, 5.74) is -0.775. The molecule has 16 nitrogen and oxygen atoms in total. The van der Waals surface area contributed by atoms with Gasteiger partial charge in [-0.25, -0.2) is 18.5 Å². The van der Waals surface area contributed by atoms with E-state index in [1.807, 2.05) is 6.92 Å². The highest BCUT2D eigenvalue weighted by Gasteiger charge is 2.47. The number of phosphoric acid groups is 3. The fourth-order valence-corrected chi connectivity index (χ4v) is 8.32. The van der Waals surface area contributed by atoms with Crippen molar-refractivity contribution >= 4 is 35.2 Å². The molecule has 2 heterocycles. The van der Waals surface area contributed by atoms with Crippen molar-refractivity contribution in [2.24, 2.45) is 5.92 Å². The summed E-state index contributed by atoms with van der Waals surface area (Å²) in [7, 11) is -16.2. The molecule has 3 rings (SSSR count). The van der Waals surface area contributed by atoms with Gasteiger partial charge >= 0.3 is 29.2 Å². The van der Waals surface area contributed by atoms with Gasteiger partial charge in [0.25, 0.3) is 0 Å². The molecule has 1 aromatic heterocycles. The van der Waals surface area contributed by atoms with E-state index >= 15 is 0 Å². The van der Waals surface area contributed by atoms with Gasteiger partial charge < -0.3 is 29.6 Å². The molecule has 7 atom stereocenters. The number of ether oxygens (including phenoxy) is 1. The Balaban J connectivity index is 1.54. The molecule has 5 N–H and O–H groups in total. The van der Waals surface area contributed by atoms with E-state index in [1.165, 1.54) is 24.0 Å². The number of nitrogens with zero attached hydrogens (tertiary/aromatic N) is 2. The number of aromatic nitrogens is 2. The number of hydrogen-bond donors (Lipinski definition) is 5. The Morgan fingerprint density at radius 2 is 1.62 bits per heavy atom. The van der Waals surface area contributed by atoms with Crippen LogP contribution in [0.25, 0.3) is 0 Å². The van der Waals surface area contributed by atoms with Crippen LogP contribution in [0.4, 0.5) is 0 Å². The highest BCUT2D eigenvalue weighted by atomic mass is 32.2. The monoisotopic (exact) mass is 638 g/mol. The Hall–Kier alpha value is -0.480. The average Bonchev–Trinajstić information content (AvgIpc) is 3.13. The summed E-state index contributed by atoms with van der Waals surface area (Å²) in [4.78, 5) is 45.5. The first kappa shape index (κ1) is 33.0. The summed E-state index contributed by atoms with van der Waals surface area (Å²) in [5, 5.41) is 21.1. The standard InChI is InChI=1S/C19H33N2O14P3S/c1-2-10-39-15-8-9-21(19(24)20-15)18-17(23)16(22)14(33-18)12-32-37(27,28)35-38(29,30)34-36(25,26)31-11-13-6-4-3-5-7-13/h8-9,13-14,16-18,22-23H,2-7,10-12H2,1H3,(H,25,26)(H,27,28)(H,29,30)/t14-,16+,17?,18-/m1/s1. The lowest BCUT2D eigenvalue weighted by atomic mass is 9.90. The molecule has 1 saturated carbocycles. The van der Waals surface area contributed by atoms with Crippen molar-refractivity contribution in [3.63, 3.8) is 0 Å². The van der Waals surface area contributed by atoms with Gasteiger partial charge in [-0.05, 0) is 37.0 Å². The Kier molecular flexibility index (Phi) is 12.0. The van der Waals surface area contributed by atoms with Crippen LogP contribution in [0.15, 0.2) is 22.1 Å². The molecule has 1 aliphatic carbocycles. The second kappa shape index (κ2) is 14.1. The van der Waals surface area contributed by atoms with E-state index in [1.54, 1.807) is 0 Å². The Morgan fingerprint density at radius 3 is 2.21 bits per heavy atom. The summed E-state index contributed by atoms with van der Waals surface area (Å²) in [6.45, 7) is 0.784. The third-order valence-electron chi connectivity index (χ3n) is 5.88. The number of aliphatic hydroxyl groups is 2. The number of thioether (sulfide) groups is 1. The average molecular weight is 638 g/mol. The van der Waals surface area contributed by atoms with Gasteiger partial charge in [-0.3, -0.25) is 13.6 Å². The summed E-state index contributed by atoms with van der Waals surface area (Å²) >= 11 is 1.35. The smallest absolute Gasteiger partial charge is 0.387 e. The van der Waals surface area contributed by atoms with Crippen molar-refractivity contribution in [1.29, 1.82) is 0 Å². The van der Waals surface area contributed by atoms with E-state index in [9.17, 15) is 43.4 Å². The van der Waals surface area contributed by atoms with Crippen molar-refractivity contribution in [1.82, 2.24) is 9.55 Å². The quantitative estimate of drug-likeness (QED) is 0.112. The molecule has 39 heavy (non-hydrogen) atoms. The largest absolute Gasteiger partial charge is 0.490 e. The molecule has 0 radical (unpaired) electrons. The van der Waals surface area contributed by atoms with Crippen molar-refractivity contribution in [3.8, 4) is 0 Å². The second-order valence-electron chi connectivity index (χ2n) is 9.01. The maximum Gasteiger partial charge on any atom is 0.490 e. The van der Waals surface area contributed by atoms with Crippen molar-refractivity contribution in [3.05, 3.63) is 22.7 Å². The third kappa shape index (κ3) is 10.1. The van der Waals surface area contributed by atoms with Gasteiger partial charge in [-0.2, -0.15) is 13.6 Å². The molecule has 1 aliphatic heterocycles. The van der Waals surface area contributed by atoms with Gasteiger partial charge in [0, 0.05) is 6.20 Å². The minimum absolute atomic E-state index is 0.0457. The molecule has 0 bridgehead atoms. The molecule has 1 aromatic rings. The zero-order valence-electron chi connectivity index (χ0n) is 21.0. The number of hydrogen-bond acceptors (Lipinski definition) is 13. The number of phosphoric ester groups is 2. The van der Waals surface area contributed by atoms with Crippen LogP contribution in [-0.4, -0.2) is 71.7 Å². The number of aliphatic hydroxyl groups excluding tert-OH is 2. The SMILES string of the molecule is CCCSc1ccn([C@@H]2O[C@H](COP(=O)(O)OP(=O)(O)OP(=O)(O)OCC3CCCCC3)[C@H](O)C2O)c(=O)n1. The molecule has 4 unspecified atom stereocenters. The topological polar surface area (TPSA) is 233 Å². The van der Waals surface area contributed by atoms with Gasteiger partial charge in [0.15, 0.2) is 6.23 Å². The minimum Gasteiger partial charge on any atom is -0.387 e. The zero-order chi connectivity index (χ0) is 28.8. The molecule has 1 saturated heterocycles. The fraction of sp³-hybridized carbons (Fsp3) is 0.789. The highest BCUT2D eigenvalue weighted by Crippen LogP contribution is 2.67. The van der Waals surface area contributed by atoms with Crippen molar-refractivity contribution in [2.45, 2.75) is 75.0 Å². The van der Waals surface area contributed by atoms with Crippen LogP contribution in [0.5, 0.6) is 0 Å². The van der Waals surface area contributed by atoms with Crippen LogP contribution in [0.2, 0.25) is 0 Å². The summed E-state index contributed by atoms with van der Waals surface area (Å²) in [6, 6.07) is 1.52. The molecule has 20 heteroatoms. The van der Waals surface area contributed by atoms with Gasteiger partial charge in [-0.1, -0.05) is 26.2 Å². The molecule has 0 spiro atoms. The Bertz CT molecular complexity index is 1160. The van der Waals surface area contributed by atoms with E-state index in [0.29, 0.717) is 5.03 Å². The maximum absolute atomic E-state index is 12.4. The molecule has 0 aromatic carbocycles. The Morgan fingerprint density at radius 1 is 1.00 bits per heavy atom. The lowest BCUT2D eigenvalue weighted by molar-refractivity contribution is -0.0543. The normalized spacial score (nSPS) is 29.0. The van der Waals surface area contributed by atoms with Crippen molar-refractivity contribution < 1.29 is 61.0 Å². The predicted octanol–water partition coefficient (Wildman–Crippen LogP) is 2.31. The molecule has 2 fully saturated rings. The van der Waals surface area contributed by atoms with E-state index in [0.717, 1.165) is 48.8 Å². The highest BCUT2D eigenvalue weighted by molar-refractivity contribution is 7.99. The van der Waals surface area contributed by atoms with Crippen molar-refractivity contribution in [2.75, 3.05) is 19.0 Å². The van der Waals surface area contributed by atoms with Crippen LogP contribution in [0, 0.1) is 5.92 Å². The number of rotatable bonds is 14. The van der Waals surface area contributed by atoms with Gasteiger partial charge in [0.2, 0.25) is 0 Å². The third-order valence-corrected chi connectivity index (χ3v) is 11.3. The first-order chi connectivity index (χ1) is 18.2. The minimum atomic E-state index is -5.66. The van der Waals surface area contributed by atoms with E-state index in [4.69, 9.17) is 9.26 Å². The summed E-state index contributed by atoms with van der Waals surface area (Å²) in [6.07, 6.45) is 0.205. The van der Waals surface area contributed by atoms with Crippen LogP contribution in [0.1, 0.15) is 51.7 Å². The van der Waals surface area contributed by atoms with E-state index < -0.39 is 60.3 Å². The molecular formula is C19H33N2O14P3S. The van der Waals surface area contributed by atoms with Crippen LogP contribution in [-0.2, 0) is 36.1 Å². The van der Waals surface area contributed by atoms with E-state index in [2.05, 4.69) is 18.1 Å². The summed E-state index contributed by atoms with van der Waals surface area (Å²) < 4.78 is 60.1. The molecular weight excluding hydrogens is 605 g/mol. The van der Waals surface area contributed by atoms with Gasteiger partial charge in [-0.15, -0.1) is 11.8 Å². The summed E-state index contributed by atoms with van der Waals surface area (Å²) in [5.74, 6) is 0.686. The van der Waals surface area contributed by atoms with Gasteiger partial charge in [0.1, 0.15) is 23.3 Å². The Labute approximate surface area is 228 Å². The predicted molar refractivity (Wildman–Crippen MR) is 136 cm³/mol. The first-order valence-corrected chi connectivity index (χ1v) is 17.6. The maximum atomic E-state index is 12.4. The van der Waals surface area contributed by atoms with Crippen LogP contribution < -0.4 is 5.69 Å². The van der Waals surface area contributed by atoms with E-state index in [-0.39, 0.29) is 12.5 Å². The second-order valence-corrected chi connectivity index (χ2v) is 14.8.